The highest BCUT2D eigenvalue weighted by Crippen LogP contribution is 2.22. The van der Waals surface area contributed by atoms with Crippen LogP contribution in [-0.4, -0.2) is 22.8 Å². The molecule has 0 atom stereocenters. The predicted molar refractivity (Wildman–Crippen MR) is 82.8 cm³/mol. The Morgan fingerprint density at radius 1 is 1.40 bits per heavy atom. The number of aryl methyl sites for hydroxylation is 2. The van der Waals surface area contributed by atoms with Crippen LogP contribution >= 0.6 is 11.6 Å². The summed E-state index contributed by atoms with van der Waals surface area (Å²) in [5.74, 6) is 0.821. The summed E-state index contributed by atoms with van der Waals surface area (Å²) in [5.41, 5.74) is 2.01. The quantitative estimate of drug-likeness (QED) is 0.784. The van der Waals surface area contributed by atoms with Crippen LogP contribution in [0.2, 0.25) is 5.02 Å². The summed E-state index contributed by atoms with van der Waals surface area (Å²) >= 11 is 6.13. The molecule has 0 aliphatic rings. The summed E-state index contributed by atoms with van der Waals surface area (Å²) in [6, 6.07) is 5.91. The number of benzene rings is 1. The Labute approximate surface area is 124 Å². The van der Waals surface area contributed by atoms with Crippen LogP contribution < -0.4 is 5.32 Å². The van der Waals surface area contributed by atoms with Crippen molar-refractivity contribution < 1.29 is 4.74 Å². The average molecular weight is 294 g/mol. The van der Waals surface area contributed by atoms with E-state index in [1.807, 2.05) is 38.2 Å². The van der Waals surface area contributed by atoms with Crippen LogP contribution in [0.5, 0.6) is 0 Å². The average Bonchev–Trinajstić information content (AvgIpc) is 2.86. The molecule has 0 aliphatic carbocycles. The van der Waals surface area contributed by atoms with E-state index in [1.54, 1.807) is 6.20 Å². The van der Waals surface area contributed by atoms with E-state index in [1.165, 1.54) is 0 Å². The van der Waals surface area contributed by atoms with Gasteiger partial charge in [-0.25, -0.2) is 4.98 Å². The Morgan fingerprint density at radius 2 is 2.25 bits per heavy atom. The summed E-state index contributed by atoms with van der Waals surface area (Å²) in [7, 11) is 0. The molecule has 1 N–H and O–H groups in total. The smallest absolute Gasteiger partial charge is 0.207 e. The summed E-state index contributed by atoms with van der Waals surface area (Å²) in [4.78, 5) is 4.33. The van der Waals surface area contributed by atoms with Gasteiger partial charge in [-0.15, -0.1) is 0 Å². The van der Waals surface area contributed by atoms with Crippen molar-refractivity contribution in [1.29, 1.82) is 0 Å². The lowest BCUT2D eigenvalue weighted by Crippen LogP contribution is -2.06. The van der Waals surface area contributed by atoms with Crippen molar-refractivity contribution in [3.63, 3.8) is 0 Å². The number of imidazole rings is 1. The second-order valence-corrected chi connectivity index (χ2v) is 4.99. The number of nitrogens with one attached hydrogen (secondary N) is 1. The molecule has 0 radical (unpaired) electrons. The third-order valence-electron chi connectivity index (χ3n) is 3.04. The minimum atomic E-state index is 0.754. The van der Waals surface area contributed by atoms with E-state index in [2.05, 4.69) is 14.9 Å². The van der Waals surface area contributed by atoms with Gasteiger partial charge in [-0.2, -0.15) is 0 Å². The van der Waals surface area contributed by atoms with Crippen LogP contribution in [0.4, 0.5) is 11.6 Å². The highest BCUT2D eigenvalue weighted by molar-refractivity contribution is 6.31. The van der Waals surface area contributed by atoms with Gasteiger partial charge in [0.1, 0.15) is 0 Å². The van der Waals surface area contributed by atoms with Gasteiger partial charge in [-0.1, -0.05) is 17.7 Å². The fraction of sp³-hybridized carbons (Fsp3) is 0.400. The molecular formula is C15H20ClN3O. The molecule has 2 rings (SSSR count). The first kappa shape index (κ1) is 14.9. The van der Waals surface area contributed by atoms with Crippen molar-refractivity contribution in [2.75, 3.05) is 18.5 Å². The van der Waals surface area contributed by atoms with Crippen molar-refractivity contribution in [2.45, 2.75) is 26.8 Å². The van der Waals surface area contributed by atoms with Gasteiger partial charge < -0.3 is 14.6 Å². The van der Waals surface area contributed by atoms with E-state index in [-0.39, 0.29) is 0 Å². The lowest BCUT2D eigenvalue weighted by Gasteiger charge is -2.10. The highest BCUT2D eigenvalue weighted by Gasteiger charge is 2.04. The second-order valence-electron chi connectivity index (χ2n) is 4.58. The van der Waals surface area contributed by atoms with Gasteiger partial charge in [0.05, 0.1) is 0 Å². The highest BCUT2D eigenvalue weighted by atomic mass is 35.5. The zero-order valence-electron chi connectivity index (χ0n) is 11.9. The maximum Gasteiger partial charge on any atom is 0.207 e. The fourth-order valence-corrected chi connectivity index (χ4v) is 2.08. The van der Waals surface area contributed by atoms with Crippen LogP contribution in [0.15, 0.2) is 30.6 Å². The summed E-state index contributed by atoms with van der Waals surface area (Å²) < 4.78 is 7.42. The molecular weight excluding hydrogens is 274 g/mol. The standard InChI is InChI=1S/C15H20ClN3O/c1-3-20-10-4-8-19-9-7-17-15(19)18-13-6-5-12(2)14(16)11-13/h5-7,9,11H,3-4,8,10H2,1-2H3,(H,17,18). The number of aromatic nitrogens is 2. The Kier molecular flexibility index (Phi) is 5.44. The molecule has 0 unspecified atom stereocenters. The summed E-state index contributed by atoms with van der Waals surface area (Å²) in [6.45, 7) is 6.40. The monoisotopic (exact) mass is 293 g/mol. The van der Waals surface area contributed by atoms with E-state index in [9.17, 15) is 0 Å². The first-order chi connectivity index (χ1) is 9.70. The maximum absolute atomic E-state index is 6.13. The van der Waals surface area contributed by atoms with Gasteiger partial charge in [0.2, 0.25) is 5.95 Å². The first-order valence-corrected chi connectivity index (χ1v) is 7.20. The number of anilines is 2. The number of halogens is 1. The van der Waals surface area contributed by atoms with E-state index in [0.29, 0.717) is 0 Å². The fourth-order valence-electron chi connectivity index (χ4n) is 1.89. The number of hydrogen-bond acceptors (Lipinski definition) is 3. The number of nitrogens with zero attached hydrogens (tertiary/aromatic N) is 2. The Hall–Kier alpha value is -1.52. The first-order valence-electron chi connectivity index (χ1n) is 6.82. The molecule has 1 aromatic heterocycles. The largest absolute Gasteiger partial charge is 0.382 e. The molecule has 0 saturated carbocycles. The van der Waals surface area contributed by atoms with E-state index in [0.717, 1.165) is 48.4 Å². The van der Waals surface area contributed by atoms with E-state index < -0.39 is 0 Å². The van der Waals surface area contributed by atoms with Crippen LogP contribution in [0.1, 0.15) is 18.9 Å². The van der Waals surface area contributed by atoms with Gasteiger partial charge in [-0.05, 0) is 38.0 Å². The molecule has 20 heavy (non-hydrogen) atoms. The molecule has 108 valence electrons. The molecule has 2 aromatic rings. The summed E-state index contributed by atoms with van der Waals surface area (Å²) in [5, 5.41) is 4.04. The molecule has 5 heteroatoms. The lowest BCUT2D eigenvalue weighted by atomic mass is 10.2. The molecule has 0 aliphatic heterocycles. The second kappa shape index (κ2) is 7.31. The summed E-state index contributed by atoms with van der Waals surface area (Å²) in [6.07, 6.45) is 4.72. The van der Waals surface area contributed by atoms with Crippen molar-refractivity contribution in [1.82, 2.24) is 9.55 Å². The van der Waals surface area contributed by atoms with Crippen LogP contribution in [0.3, 0.4) is 0 Å². The minimum absolute atomic E-state index is 0.754. The minimum Gasteiger partial charge on any atom is -0.382 e. The zero-order chi connectivity index (χ0) is 14.4. The predicted octanol–water partition coefficient (Wildman–Crippen LogP) is 4.02. The van der Waals surface area contributed by atoms with E-state index >= 15 is 0 Å². The van der Waals surface area contributed by atoms with Crippen molar-refractivity contribution >= 4 is 23.2 Å². The van der Waals surface area contributed by atoms with Gasteiger partial charge in [-0.3, -0.25) is 0 Å². The molecule has 1 aromatic carbocycles. The Balaban J connectivity index is 1.99. The molecule has 0 amide bonds. The normalized spacial score (nSPS) is 10.8. The van der Waals surface area contributed by atoms with Crippen LogP contribution in [0.25, 0.3) is 0 Å². The molecule has 0 fully saturated rings. The van der Waals surface area contributed by atoms with Crippen molar-refractivity contribution in [2.24, 2.45) is 0 Å². The lowest BCUT2D eigenvalue weighted by molar-refractivity contribution is 0.142. The molecule has 0 bridgehead atoms. The topological polar surface area (TPSA) is 39.1 Å². The van der Waals surface area contributed by atoms with Gasteiger partial charge in [0.15, 0.2) is 0 Å². The number of ether oxygens (including phenoxy) is 1. The Bertz CT molecular complexity index is 554. The maximum atomic E-state index is 6.13. The van der Waals surface area contributed by atoms with Crippen LogP contribution in [0, 0.1) is 6.92 Å². The number of hydrogen-bond donors (Lipinski definition) is 1. The zero-order valence-corrected chi connectivity index (χ0v) is 12.7. The van der Waals surface area contributed by atoms with Gasteiger partial charge in [0, 0.05) is 42.9 Å². The molecule has 1 heterocycles. The van der Waals surface area contributed by atoms with Crippen molar-refractivity contribution in [3.05, 3.63) is 41.2 Å². The molecule has 0 spiro atoms. The Morgan fingerprint density at radius 3 is 3.00 bits per heavy atom. The van der Waals surface area contributed by atoms with Gasteiger partial charge in [0.25, 0.3) is 0 Å². The molecule has 4 nitrogen and oxygen atoms in total. The third-order valence-corrected chi connectivity index (χ3v) is 3.44. The van der Waals surface area contributed by atoms with Crippen LogP contribution in [-0.2, 0) is 11.3 Å². The number of rotatable bonds is 7. The van der Waals surface area contributed by atoms with Crippen molar-refractivity contribution in [3.8, 4) is 0 Å². The van der Waals surface area contributed by atoms with E-state index in [4.69, 9.17) is 16.3 Å². The third kappa shape index (κ3) is 3.99. The molecule has 0 saturated heterocycles. The van der Waals surface area contributed by atoms with Gasteiger partial charge >= 0.3 is 0 Å². The SMILES string of the molecule is CCOCCCn1ccnc1Nc1ccc(C)c(Cl)c1.